The van der Waals surface area contributed by atoms with Crippen molar-refractivity contribution in [3.8, 4) is 5.69 Å². The zero-order chi connectivity index (χ0) is 32.8. The van der Waals surface area contributed by atoms with E-state index in [9.17, 15) is 24.0 Å². The number of ether oxygens (including phenoxy) is 5. The van der Waals surface area contributed by atoms with Crippen molar-refractivity contribution < 1.29 is 42.9 Å². The molecule has 3 aromatic rings. The molecule has 1 saturated heterocycles. The lowest BCUT2D eigenvalue weighted by atomic mass is 9.97. The van der Waals surface area contributed by atoms with Gasteiger partial charge in [0.2, 0.25) is 4.77 Å². The van der Waals surface area contributed by atoms with Crippen molar-refractivity contribution in [3.63, 3.8) is 0 Å². The summed E-state index contributed by atoms with van der Waals surface area (Å²) < 4.78 is 30.3. The first-order valence-corrected chi connectivity index (χ1v) is 14.5. The Bertz CT molecular complexity index is 1690. The van der Waals surface area contributed by atoms with Gasteiger partial charge in [-0.25, -0.2) is 4.68 Å². The maximum absolute atomic E-state index is 13.9. The van der Waals surface area contributed by atoms with Gasteiger partial charge in [0.05, 0.1) is 5.69 Å². The molecule has 1 fully saturated rings. The highest BCUT2D eigenvalue weighted by molar-refractivity contribution is 7.71. The van der Waals surface area contributed by atoms with Gasteiger partial charge in [-0.15, -0.1) is 0 Å². The minimum absolute atomic E-state index is 0.0302. The zero-order valence-corrected chi connectivity index (χ0v) is 26.3. The van der Waals surface area contributed by atoms with Crippen LogP contribution in [0, 0.1) is 4.77 Å². The Morgan fingerprint density at radius 1 is 0.844 bits per heavy atom. The summed E-state index contributed by atoms with van der Waals surface area (Å²) in [6.07, 6.45) is -7.00. The summed E-state index contributed by atoms with van der Waals surface area (Å²) >= 11 is 11.8. The van der Waals surface area contributed by atoms with Crippen LogP contribution >= 0.6 is 23.8 Å². The van der Waals surface area contributed by atoms with Crippen LogP contribution in [-0.4, -0.2) is 69.2 Å². The van der Waals surface area contributed by atoms with Crippen molar-refractivity contribution in [2.45, 2.75) is 64.8 Å². The van der Waals surface area contributed by atoms with E-state index in [2.05, 4.69) is 5.10 Å². The van der Waals surface area contributed by atoms with E-state index in [0.717, 1.165) is 25.5 Å². The number of carbonyl (C=O) groups is 4. The van der Waals surface area contributed by atoms with Gasteiger partial charge in [-0.1, -0.05) is 41.9 Å². The van der Waals surface area contributed by atoms with Crippen molar-refractivity contribution in [2.75, 3.05) is 6.61 Å². The molecule has 1 aromatic heterocycles. The molecular formula is C30H30ClN3O10S. The second kappa shape index (κ2) is 14.6. The first kappa shape index (κ1) is 33.5. The molecule has 0 N–H and O–H groups in total. The Balaban J connectivity index is 1.96. The van der Waals surface area contributed by atoms with Crippen LogP contribution in [0.25, 0.3) is 5.69 Å². The second-order valence-electron chi connectivity index (χ2n) is 10.0. The number of nitrogens with zero attached hydrogens (tertiary/aromatic N) is 3. The second-order valence-corrected chi connectivity index (χ2v) is 10.8. The Morgan fingerprint density at radius 2 is 1.42 bits per heavy atom. The highest BCUT2D eigenvalue weighted by atomic mass is 35.5. The Hall–Kier alpha value is -4.40. The van der Waals surface area contributed by atoms with Crippen LogP contribution in [0.1, 0.15) is 45.2 Å². The van der Waals surface area contributed by atoms with Gasteiger partial charge in [0.15, 0.2) is 24.5 Å². The average Bonchev–Trinajstić information content (AvgIpc) is 2.97. The van der Waals surface area contributed by atoms with Crippen LogP contribution < -0.4 is 5.56 Å². The molecule has 0 unspecified atom stereocenters. The number of esters is 4. The summed E-state index contributed by atoms with van der Waals surface area (Å²) in [5.74, 6) is -3.03. The lowest BCUT2D eigenvalue weighted by molar-refractivity contribution is -0.271. The number of para-hydroxylation sites is 1. The number of benzene rings is 2. The van der Waals surface area contributed by atoms with E-state index in [1.807, 2.05) is 0 Å². The van der Waals surface area contributed by atoms with Crippen LogP contribution in [0.3, 0.4) is 0 Å². The molecule has 238 valence electrons. The summed E-state index contributed by atoms with van der Waals surface area (Å²) in [6, 6.07) is 15.3. The predicted molar refractivity (Wildman–Crippen MR) is 160 cm³/mol. The van der Waals surface area contributed by atoms with Crippen LogP contribution in [0.2, 0.25) is 5.02 Å². The van der Waals surface area contributed by atoms with Crippen LogP contribution in [-0.2, 0) is 49.3 Å². The molecule has 45 heavy (non-hydrogen) atoms. The SMILES string of the molecule is CC(=O)OC[C@H]1O[C@@H](n2nc(Cc3ccc(Cl)cc3)c(=O)n(-c3ccccc3)c2=S)[C@H](OC(C)=O)[C@@H](OC(C)=O)[C@@H]1OC(C)=O. The average molecular weight is 660 g/mol. The van der Waals surface area contributed by atoms with E-state index >= 15 is 0 Å². The third-order valence-electron chi connectivity index (χ3n) is 6.57. The molecule has 5 atom stereocenters. The molecule has 2 aromatic carbocycles. The Labute approximate surface area is 267 Å². The van der Waals surface area contributed by atoms with E-state index < -0.39 is 66.7 Å². The van der Waals surface area contributed by atoms with Crippen LogP contribution in [0.4, 0.5) is 0 Å². The molecule has 1 aliphatic rings. The van der Waals surface area contributed by atoms with Crippen molar-refractivity contribution in [2.24, 2.45) is 0 Å². The van der Waals surface area contributed by atoms with Crippen LogP contribution in [0.5, 0.6) is 0 Å². The van der Waals surface area contributed by atoms with Gasteiger partial charge in [-0.2, -0.15) is 5.10 Å². The van der Waals surface area contributed by atoms with Crippen molar-refractivity contribution >= 4 is 47.7 Å². The molecule has 1 aliphatic heterocycles. The van der Waals surface area contributed by atoms with E-state index in [1.54, 1.807) is 54.6 Å². The molecule has 13 nitrogen and oxygen atoms in total. The van der Waals surface area contributed by atoms with Crippen molar-refractivity contribution in [3.05, 3.63) is 86.0 Å². The fourth-order valence-electron chi connectivity index (χ4n) is 4.81. The predicted octanol–water partition coefficient (Wildman–Crippen LogP) is 3.26. The monoisotopic (exact) mass is 659 g/mol. The lowest BCUT2D eigenvalue weighted by Crippen LogP contribution is -2.61. The topological polar surface area (TPSA) is 154 Å². The smallest absolute Gasteiger partial charge is 0.303 e. The standard InChI is InChI=1S/C30H30ClN3O10S/c1-16(35)40-15-24-25(41-17(2)36)26(42-18(3)37)27(43-19(4)38)29(44-24)34-30(45)33(22-8-6-5-7-9-22)28(39)23(32-34)14-20-10-12-21(31)13-11-20/h5-13,24-27,29H,14-15H2,1-4H3/t24-,25-,26+,27-,29-/m1/s1. The highest BCUT2D eigenvalue weighted by Gasteiger charge is 2.53. The van der Waals surface area contributed by atoms with Crippen molar-refractivity contribution in [1.29, 1.82) is 0 Å². The lowest BCUT2D eigenvalue weighted by Gasteiger charge is -2.44. The summed E-state index contributed by atoms with van der Waals surface area (Å²) in [7, 11) is 0. The molecule has 0 bridgehead atoms. The molecule has 0 spiro atoms. The molecule has 0 amide bonds. The van der Waals surface area contributed by atoms with E-state index in [0.29, 0.717) is 16.3 Å². The molecule has 0 aliphatic carbocycles. The largest absolute Gasteiger partial charge is 0.463 e. The summed E-state index contributed by atoms with van der Waals surface area (Å²) in [5.41, 5.74) is 0.617. The first-order valence-electron chi connectivity index (χ1n) is 13.7. The van der Waals surface area contributed by atoms with E-state index in [-0.39, 0.29) is 16.9 Å². The number of aromatic nitrogens is 3. The minimum Gasteiger partial charge on any atom is -0.463 e. The van der Waals surface area contributed by atoms with Gasteiger partial charge < -0.3 is 23.7 Å². The molecular weight excluding hydrogens is 630 g/mol. The quantitative estimate of drug-likeness (QED) is 0.188. The van der Waals surface area contributed by atoms with Gasteiger partial charge in [-0.3, -0.25) is 28.5 Å². The molecule has 4 rings (SSSR count). The number of rotatable bonds is 9. The number of carbonyl (C=O) groups excluding carboxylic acids is 4. The highest BCUT2D eigenvalue weighted by Crippen LogP contribution is 2.35. The van der Waals surface area contributed by atoms with E-state index in [1.165, 1.54) is 11.5 Å². The molecule has 0 radical (unpaired) electrons. The zero-order valence-electron chi connectivity index (χ0n) is 24.7. The third kappa shape index (κ3) is 8.21. The summed E-state index contributed by atoms with van der Waals surface area (Å²) in [6.45, 7) is 4.08. The molecule has 2 heterocycles. The Morgan fingerprint density at radius 3 is 2.00 bits per heavy atom. The van der Waals surface area contributed by atoms with Gasteiger partial charge in [0, 0.05) is 39.1 Å². The first-order chi connectivity index (χ1) is 21.3. The fourth-order valence-corrected chi connectivity index (χ4v) is 5.27. The summed E-state index contributed by atoms with van der Waals surface area (Å²) in [5, 5.41) is 5.06. The maximum Gasteiger partial charge on any atom is 0.303 e. The third-order valence-corrected chi connectivity index (χ3v) is 7.19. The van der Waals surface area contributed by atoms with Gasteiger partial charge >= 0.3 is 23.9 Å². The van der Waals surface area contributed by atoms with Crippen molar-refractivity contribution in [1.82, 2.24) is 14.3 Å². The van der Waals surface area contributed by atoms with Gasteiger partial charge in [0.1, 0.15) is 18.4 Å². The van der Waals surface area contributed by atoms with Gasteiger partial charge in [0.25, 0.3) is 5.56 Å². The molecule has 0 saturated carbocycles. The molecule has 15 heteroatoms. The minimum atomic E-state index is -1.49. The normalized spacial score (nSPS) is 21.0. The fraction of sp³-hybridized carbons (Fsp3) is 0.367. The number of hydrogen-bond acceptors (Lipinski definition) is 12. The number of hydrogen-bond donors (Lipinski definition) is 0. The maximum atomic E-state index is 13.9. The Kier molecular flexibility index (Phi) is 10.9. The van der Waals surface area contributed by atoms with Gasteiger partial charge in [-0.05, 0) is 42.0 Å². The number of halogens is 1. The summed E-state index contributed by atoms with van der Waals surface area (Å²) in [4.78, 5) is 62.4. The van der Waals surface area contributed by atoms with Crippen LogP contribution in [0.15, 0.2) is 59.4 Å². The van der Waals surface area contributed by atoms with E-state index in [4.69, 9.17) is 47.5 Å².